The van der Waals surface area contributed by atoms with E-state index in [1.807, 2.05) is 25.1 Å². The molecule has 2 aromatic heterocycles. The number of aromatic nitrogens is 1. The maximum Gasteiger partial charge on any atom is 0.310 e. The lowest BCUT2D eigenvalue weighted by molar-refractivity contribution is -0.385. The molecule has 0 saturated heterocycles. The van der Waals surface area contributed by atoms with Gasteiger partial charge in [0.05, 0.1) is 24.7 Å². The summed E-state index contributed by atoms with van der Waals surface area (Å²) < 4.78 is 12.2. The Bertz CT molecular complexity index is 991. The van der Waals surface area contributed by atoms with E-state index in [1.165, 1.54) is 25.3 Å². The number of ketones is 1. The Hall–Kier alpha value is -3.35. The third-order valence-electron chi connectivity index (χ3n) is 4.09. The number of ether oxygens (including phenoxy) is 2. The second-order valence-corrected chi connectivity index (χ2v) is 5.44. The smallest absolute Gasteiger partial charge is 0.310 e. The van der Waals surface area contributed by atoms with E-state index in [2.05, 4.69) is 0 Å². The lowest BCUT2D eigenvalue weighted by Gasteiger charge is -2.06. The van der Waals surface area contributed by atoms with Crippen LogP contribution in [0.5, 0.6) is 11.5 Å². The molecule has 0 amide bonds. The highest BCUT2D eigenvalue weighted by Crippen LogP contribution is 2.33. The van der Waals surface area contributed by atoms with E-state index < -0.39 is 4.92 Å². The van der Waals surface area contributed by atoms with E-state index in [0.717, 1.165) is 5.52 Å². The molecule has 0 unspecified atom stereocenters. The molecule has 0 bridgehead atoms. The van der Waals surface area contributed by atoms with Crippen LogP contribution in [0.3, 0.4) is 0 Å². The van der Waals surface area contributed by atoms with Crippen molar-refractivity contribution in [1.82, 2.24) is 4.40 Å². The number of hydrogen-bond donors (Lipinski definition) is 0. The molecule has 2 heterocycles. The number of rotatable bonds is 5. The molecule has 1 aromatic carbocycles. The molecule has 0 aliphatic heterocycles. The quantitative estimate of drug-likeness (QED) is 0.404. The number of carbonyl (C=O) groups is 1. The van der Waals surface area contributed by atoms with E-state index in [4.69, 9.17) is 9.47 Å². The van der Waals surface area contributed by atoms with Gasteiger partial charge in [0, 0.05) is 23.4 Å². The molecule has 0 aliphatic carbocycles. The van der Waals surface area contributed by atoms with E-state index in [9.17, 15) is 14.9 Å². The van der Waals surface area contributed by atoms with Crippen LogP contribution in [-0.2, 0) is 0 Å². The normalized spacial score (nSPS) is 10.7. The molecule has 0 fully saturated rings. The summed E-state index contributed by atoms with van der Waals surface area (Å²) in [6.07, 6.45) is 1.78. The van der Waals surface area contributed by atoms with E-state index in [-0.39, 0.29) is 17.2 Å². The number of nitro benzene ring substituents is 1. The largest absolute Gasteiger partial charge is 0.494 e. The zero-order valence-electron chi connectivity index (χ0n) is 14.0. The van der Waals surface area contributed by atoms with Gasteiger partial charge in [0.25, 0.3) is 0 Å². The van der Waals surface area contributed by atoms with Gasteiger partial charge in [-0.25, -0.2) is 0 Å². The minimum absolute atomic E-state index is 0.0429. The predicted octanol–water partition coefficient (Wildman–Crippen LogP) is 3.40. The maximum atomic E-state index is 13.1. The first kappa shape index (κ1) is 16.5. The van der Waals surface area contributed by atoms with Crippen molar-refractivity contribution in [2.75, 3.05) is 14.2 Å². The molecule has 128 valence electrons. The van der Waals surface area contributed by atoms with Crippen molar-refractivity contribution in [3.63, 3.8) is 0 Å². The minimum atomic E-state index is -0.548. The van der Waals surface area contributed by atoms with Crippen LogP contribution in [0, 0.1) is 17.0 Å². The van der Waals surface area contributed by atoms with Gasteiger partial charge in [0.2, 0.25) is 5.78 Å². The van der Waals surface area contributed by atoms with Gasteiger partial charge >= 0.3 is 5.69 Å². The minimum Gasteiger partial charge on any atom is -0.494 e. The molecule has 0 spiro atoms. The Labute approximate surface area is 143 Å². The highest BCUT2D eigenvalue weighted by molar-refractivity contribution is 6.10. The second-order valence-electron chi connectivity index (χ2n) is 5.44. The van der Waals surface area contributed by atoms with Crippen molar-refractivity contribution < 1.29 is 19.2 Å². The van der Waals surface area contributed by atoms with E-state index in [0.29, 0.717) is 22.6 Å². The third-order valence-corrected chi connectivity index (χ3v) is 4.09. The monoisotopic (exact) mass is 340 g/mol. The van der Waals surface area contributed by atoms with Crippen molar-refractivity contribution in [2.24, 2.45) is 0 Å². The van der Waals surface area contributed by atoms with Gasteiger partial charge in [-0.15, -0.1) is 0 Å². The molecule has 3 aromatic rings. The molecular weight excluding hydrogens is 324 g/mol. The first-order chi connectivity index (χ1) is 12.0. The Morgan fingerprint density at radius 3 is 2.56 bits per heavy atom. The van der Waals surface area contributed by atoms with E-state index in [1.54, 1.807) is 17.7 Å². The van der Waals surface area contributed by atoms with E-state index >= 15 is 0 Å². The molecule has 0 atom stereocenters. The fourth-order valence-corrected chi connectivity index (χ4v) is 2.95. The van der Waals surface area contributed by atoms with Gasteiger partial charge in [-0.3, -0.25) is 14.9 Å². The van der Waals surface area contributed by atoms with Crippen LogP contribution in [0.25, 0.3) is 5.52 Å². The SMILES string of the molecule is COc1cc(C(=O)c2c(C)c(OC)c3ccccn23)ccc1[N+](=O)[O-]. The average molecular weight is 340 g/mol. The molecule has 0 saturated carbocycles. The van der Waals surface area contributed by atoms with Gasteiger partial charge in [-0.1, -0.05) is 6.07 Å². The van der Waals surface area contributed by atoms with Gasteiger partial charge < -0.3 is 13.9 Å². The molecule has 25 heavy (non-hydrogen) atoms. The highest BCUT2D eigenvalue weighted by Gasteiger charge is 2.24. The van der Waals surface area contributed by atoms with Gasteiger partial charge in [0.15, 0.2) is 5.75 Å². The zero-order chi connectivity index (χ0) is 18.1. The first-order valence-corrected chi connectivity index (χ1v) is 7.50. The highest BCUT2D eigenvalue weighted by atomic mass is 16.6. The molecule has 0 aliphatic rings. The standard InChI is InChI=1S/C18H16N2O5/c1-11-16(19-9-5-4-6-14(19)18(11)25-3)17(21)12-7-8-13(20(22)23)15(10-12)24-2/h4-10H,1-3H3. The number of benzene rings is 1. The number of fused-ring (bicyclic) bond motifs is 1. The van der Waals surface area contributed by atoms with Crippen molar-refractivity contribution >= 4 is 17.0 Å². The number of methoxy groups -OCH3 is 2. The summed E-state index contributed by atoms with van der Waals surface area (Å²) in [6.45, 7) is 1.81. The summed E-state index contributed by atoms with van der Waals surface area (Å²) in [4.78, 5) is 23.5. The summed E-state index contributed by atoms with van der Waals surface area (Å²) in [5, 5.41) is 11.0. The van der Waals surface area contributed by atoms with Crippen molar-refractivity contribution in [1.29, 1.82) is 0 Å². The summed E-state index contributed by atoms with van der Waals surface area (Å²) in [6, 6.07) is 9.62. The van der Waals surface area contributed by atoms with Crippen molar-refractivity contribution in [3.05, 3.63) is 69.5 Å². The molecular formula is C18H16N2O5. The van der Waals surface area contributed by atoms with Crippen LogP contribution >= 0.6 is 0 Å². The number of carbonyl (C=O) groups excluding carboxylic acids is 1. The summed E-state index contributed by atoms with van der Waals surface area (Å²) in [5.74, 6) is 0.398. The fraction of sp³-hybridized carbons (Fsp3) is 0.167. The van der Waals surface area contributed by atoms with Crippen molar-refractivity contribution in [2.45, 2.75) is 6.92 Å². The fourth-order valence-electron chi connectivity index (χ4n) is 2.95. The van der Waals surface area contributed by atoms with Crippen LogP contribution in [-0.4, -0.2) is 29.3 Å². The number of nitrogens with zero attached hydrogens (tertiary/aromatic N) is 2. The van der Waals surface area contributed by atoms with Crippen LogP contribution in [0.15, 0.2) is 42.6 Å². The predicted molar refractivity (Wildman–Crippen MR) is 91.8 cm³/mol. The maximum absolute atomic E-state index is 13.1. The lowest BCUT2D eigenvalue weighted by atomic mass is 10.0. The van der Waals surface area contributed by atoms with Gasteiger partial charge in [-0.2, -0.15) is 0 Å². The second kappa shape index (κ2) is 6.27. The molecule has 0 N–H and O–H groups in total. The van der Waals surface area contributed by atoms with Crippen LogP contribution < -0.4 is 9.47 Å². The number of nitro groups is 1. The molecule has 7 heteroatoms. The van der Waals surface area contributed by atoms with Crippen LogP contribution in [0.4, 0.5) is 5.69 Å². The molecule has 0 radical (unpaired) electrons. The summed E-state index contributed by atoms with van der Waals surface area (Å²) in [7, 11) is 2.88. The first-order valence-electron chi connectivity index (χ1n) is 7.50. The topological polar surface area (TPSA) is 83.1 Å². The van der Waals surface area contributed by atoms with Crippen LogP contribution in [0.1, 0.15) is 21.6 Å². The summed E-state index contributed by atoms with van der Waals surface area (Å²) >= 11 is 0. The van der Waals surface area contributed by atoms with Crippen LogP contribution in [0.2, 0.25) is 0 Å². The Balaban J connectivity index is 2.18. The van der Waals surface area contributed by atoms with Crippen molar-refractivity contribution in [3.8, 4) is 11.5 Å². The van der Waals surface area contributed by atoms with Gasteiger partial charge in [0.1, 0.15) is 11.4 Å². The lowest BCUT2D eigenvalue weighted by Crippen LogP contribution is -2.07. The van der Waals surface area contributed by atoms with Gasteiger partial charge in [-0.05, 0) is 31.2 Å². The number of pyridine rings is 1. The molecule has 7 nitrogen and oxygen atoms in total. The Kier molecular flexibility index (Phi) is 4.14. The third kappa shape index (κ3) is 2.59. The molecule has 3 rings (SSSR count). The Morgan fingerprint density at radius 1 is 1.16 bits per heavy atom. The Morgan fingerprint density at radius 2 is 1.92 bits per heavy atom. The summed E-state index contributed by atoms with van der Waals surface area (Å²) in [5.41, 5.74) is 2.05. The average Bonchev–Trinajstić information content (AvgIpc) is 2.91. The zero-order valence-corrected chi connectivity index (χ0v) is 14.0. The number of hydrogen-bond acceptors (Lipinski definition) is 5.